The van der Waals surface area contributed by atoms with Crippen LogP contribution in [0.1, 0.15) is 12.0 Å². The van der Waals surface area contributed by atoms with Crippen LogP contribution in [0, 0.1) is 0 Å². The van der Waals surface area contributed by atoms with Gasteiger partial charge < -0.3 is 20.1 Å². The van der Waals surface area contributed by atoms with Gasteiger partial charge in [0.05, 0.1) is 6.10 Å². The van der Waals surface area contributed by atoms with E-state index in [-0.39, 0.29) is 12.2 Å². The molecule has 0 bridgehead atoms. The molecule has 1 saturated heterocycles. The molecular weight excluding hydrogens is 252 g/mol. The second-order valence-corrected chi connectivity index (χ2v) is 4.86. The molecule has 98 valence electrons. The normalized spacial score (nSPS) is 33.4. The van der Waals surface area contributed by atoms with Gasteiger partial charge in [0.1, 0.15) is 23.4 Å². The van der Waals surface area contributed by atoms with Crippen LogP contribution < -0.4 is 0 Å². The highest BCUT2D eigenvalue weighted by Crippen LogP contribution is 2.26. The summed E-state index contributed by atoms with van der Waals surface area (Å²) in [6, 6.07) is 9.19. The van der Waals surface area contributed by atoms with Gasteiger partial charge in [0.2, 0.25) is 0 Å². The van der Waals surface area contributed by atoms with E-state index in [9.17, 15) is 15.3 Å². The number of rotatable bonds is 2. The fourth-order valence-corrected chi connectivity index (χ4v) is 2.25. The van der Waals surface area contributed by atoms with Crippen molar-refractivity contribution >= 4 is 18.7 Å². The Labute approximate surface area is 111 Å². The van der Waals surface area contributed by atoms with E-state index in [0.29, 0.717) is 0 Å². The molecule has 1 aliphatic rings. The van der Waals surface area contributed by atoms with E-state index in [2.05, 4.69) is 12.6 Å². The molecule has 4 nitrogen and oxygen atoms in total. The molecule has 4 atom stereocenters. The van der Waals surface area contributed by atoms with Crippen molar-refractivity contribution in [2.24, 2.45) is 0 Å². The maximum atomic E-state index is 9.96. The highest BCUT2D eigenvalue weighted by Gasteiger charge is 2.37. The Bertz CT molecular complexity index is 420. The van der Waals surface area contributed by atoms with Gasteiger partial charge in [-0.15, -0.1) is 12.6 Å². The molecule has 0 spiro atoms. The lowest BCUT2D eigenvalue weighted by atomic mass is 10.00. The smallest absolute Gasteiger partial charge is 0.144 e. The van der Waals surface area contributed by atoms with Gasteiger partial charge in [-0.25, -0.2) is 0 Å². The molecule has 5 heteroatoms. The van der Waals surface area contributed by atoms with Crippen LogP contribution in [0.25, 0.3) is 6.08 Å². The van der Waals surface area contributed by atoms with Crippen LogP contribution in [0.4, 0.5) is 0 Å². The first kappa shape index (κ1) is 13.4. The maximum Gasteiger partial charge on any atom is 0.144 e. The van der Waals surface area contributed by atoms with Crippen LogP contribution in [0.15, 0.2) is 36.1 Å². The van der Waals surface area contributed by atoms with E-state index in [0.717, 1.165) is 5.56 Å². The van der Waals surface area contributed by atoms with Gasteiger partial charge in [0.25, 0.3) is 0 Å². The second kappa shape index (κ2) is 5.75. The minimum atomic E-state index is -1.15. The van der Waals surface area contributed by atoms with E-state index in [1.165, 1.54) is 6.08 Å². The Morgan fingerprint density at radius 1 is 1.28 bits per heavy atom. The number of thiol groups is 1. The molecule has 0 amide bonds. The molecule has 18 heavy (non-hydrogen) atoms. The van der Waals surface area contributed by atoms with Crippen molar-refractivity contribution in [3.05, 3.63) is 41.7 Å². The van der Waals surface area contributed by atoms with Crippen molar-refractivity contribution in [2.45, 2.75) is 30.2 Å². The van der Waals surface area contributed by atoms with Gasteiger partial charge in [-0.05, 0) is 11.6 Å². The summed E-state index contributed by atoms with van der Waals surface area (Å²) in [5, 5.41) is 29.4. The van der Waals surface area contributed by atoms with Gasteiger partial charge in [0.15, 0.2) is 0 Å². The summed E-state index contributed by atoms with van der Waals surface area (Å²) in [6.45, 7) is 0. The average molecular weight is 268 g/mol. The van der Waals surface area contributed by atoms with E-state index < -0.39 is 23.7 Å². The summed E-state index contributed by atoms with van der Waals surface area (Å²) in [7, 11) is 0. The zero-order valence-corrected chi connectivity index (χ0v) is 10.6. The molecule has 2 rings (SSSR count). The third-order valence-electron chi connectivity index (χ3n) is 2.86. The number of aliphatic hydroxyl groups is 3. The zero-order chi connectivity index (χ0) is 13.1. The summed E-state index contributed by atoms with van der Waals surface area (Å²) >= 11 is 4.11. The second-order valence-electron chi connectivity index (χ2n) is 4.28. The summed E-state index contributed by atoms with van der Waals surface area (Å²) in [5.41, 5.74) is 0.293. The number of hydrogen-bond donors (Lipinski definition) is 4. The van der Waals surface area contributed by atoms with Crippen molar-refractivity contribution in [2.75, 3.05) is 0 Å². The first-order valence-corrected chi connectivity index (χ1v) is 6.25. The van der Waals surface area contributed by atoms with E-state index in [1.807, 2.05) is 30.3 Å². The molecule has 0 aliphatic carbocycles. The lowest BCUT2D eigenvalue weighted by Gasteiger charge is -2.34. The zero-order valence-electron chi connectivity index (χ0n) is 9.68. The Morgan fingerprint density at radius 3 is 2.61 bits per heavy atom. The number of benzene rings is 1. The van der Waals surface area contributed by atoms with E-state index in [1.54, 1.807) is 0 Å². The van der Waals surface area contributed by atoms with Crippen molar-refractivity contribution < 1.29 is 20.1 Å². The molecule has 0 radical (unpaired) electrons. The quantitative estimate of drug-likeness (QED) is 0.483. The van der Waals surface area contributed by atoms with Gasteiger partial charge in [-0.2, -0.15) is 0 Å². The third-order valence-corrected chi connectivity index (χ3v) is 3.19. The minimum Gasteiger partial charge on any atom is -0.509 e. The van der Waals surface area contributed by atoms with Crippen LogP contribution in [-0.4, -0.2) is 39.1 Å². The Kier molecular flexibility index (Phi) is 4.29. The Hall–Kier alpha value is -1.01. The number of hydrogen-bond acceptors (Lipinski definition) is 5. The third kappa shape index (κ3) is 3.05. The van der Waals surface area contributed by atoms with Crippen molar-refractivity contribution in [3.63, 3.8) is 0 Å². The van der Waals surface area contributed by atoms with Gasteiger partial charge >= 0.3 is 0 Å². The fourth-order valence-electron chi connectivity index (χ4n) is 1.90. The first-order valence-electron chi connectivity index (χ1n) is 5.73. The SMILES string of the molecule is OC(=Cc1ccccc1)[C@H]1O[C@@H](S)C[C@@H](O)[C@H]1O. The average Bonchev–Trinajstić information content (AvgIpc) is 2.35. The number of ether oxygens (including phenoxy) is 1. The molecule has 3 N–H and O–H groups in total. The van der Waals surface area contributed by atoms with Gasteiger partial charge in [-0.3, -0.25) is 0 Å². The molecule has 0 saturated carbocycles. The summed E-state index contributed by atoms with van der Waals surface area (Å²) in [6.07, 6.45) is -1.30. The standard InChI is InChI=1S/C13H16O4S/c14-9-7-11(18)17-13(12(9)16)10(15)6-8-4-2-1-3-5-8/h1-6,9,11-16,18H,7H2/t9-,11+,12-,13-/m1/s1. The van der Waals surface area contributed by atoms with Crippen molar-refractivity contribution in [1.29, 1.82) is 0 Å². The predicted octanol–water partition coefficient (Wildman–Crippen LogP) is 1.35. The highest BCUT2D eigenvalue weighted by molar-refractivity contribution is 7.80. The minimum absolute atomic E-state index is 0.119. The molecule has 0 unspecified atom stereocenters. The first-order chi connectivity index (χ1) is 8.58. The van der Waals surface area contributed by atoms with Crippen LogP contribution in [-0.2, 0) is 4.74 Å². The van der Waals surface area contributed by atoms with Crippen LogP contribution in [0.2, 0.25) is 0 Å². The van der Waals surface area contributed by atoms with Gasteiger partial charge in [-0.1, -0.05) is 30.3 Å². The van der Waals surface area contributed by atoms with Crippen LogP contribution in [0.5, 0.6) is 0 Å². The summed E-state index contributed by atoms with van der Waals surface area (Å²) < 4.78 is 5.34. The van der Waals surface area contributed by atoms with Crippen molar-refractivity contribution in [1.82, 2.24) is 0 Å². The fraction of sp³-hybridized carbons (Fsp3) is 0.385. The molecule has 0 aromatic heterocycles. The Balaban J connectivity index is 2.17. The maximum absolute atomic E-state index is 9.96. The molecule has 1 aromatic rings. The van der Waals surface area contributed by atoms with Crippen LogP contribution in [0.3, 0.4) is 0 Å². The molecule has 1 aliphatic heterocycles. The largest absolute Gasteiger partial charge is 0.509 e. The molecule has 1 aromatic carbocycles. The molecular formula is C13H16O4S. The Morgan fingerprint density at radius 2 is 1.94 bits per heavy atom. The predicted molar refractivity (Wildman–Crippen MR) is 71.3 cm³/mol. The summed E-state index contributed by atoms with van der Waals surface area (Å²) in [4.78, 5) is 0. The highest BCUT2D eigenvalue weighted by atomic mass is 32.1. The van der Waals surface area contributed by atoms with Gasteiger partial charge in [0, 0.05) is 6.42 Å². The van der Waals surface area contributed by atoms with Crippen LogP contribution >= 0.6 is 12.6 Å². The number of aliphatic hydroxyl groups excluding tert-OH is 3. The monoisotopic (exact) mass is 268 g/mol. The van der Waals surface area contributed by atoms with E-state index >= 15 is 0 Å². The van der Waals surface area contributed by atoms with E-state index in [4.69, 9.17) is 4.74 Å². The molecule has 1 heterocycles. The topological polar surface area (TPSA) is 69.9 Å². The lowest BCUT2D eigenvalue weighted by molar-refractivity contribution is -0.139. The van der Waals surface area contributed by atoms with Crippen molar-refractivity contribution in [3.8, 4) is 0 Å². The summed E-state index contributed by atoms with van der Waals surface area (Å²) in [5.74, 6) is -0.119. The molecule has 1 fully saturated rings. The lowest BCUT2D eigenvalue weighted by Crippen LogP contribution is -2.47.